The molecule has 0 aliphatic rings. The van der Waals surface area contributed by atoms with Gasteiger partial charge in [-0.05, 0) is 81.9 Å². The first-order valence-electron chi connectivity index (χ1n) is 22.3. The zero-order valence-corrected chi connectivity index (χ0v) is 36.4. The molecule has 9 aromatic carbocycles. The normalized spacial score (nSPS) is 11.2. The smallest absolute Gasteiger partial charge is 0.248 e. The third-order valence-corrected chi connectivity index (χ3v) is 12.1. The van der Waals surface area contributed by atoms with Gasteiger partial charge >= 0.3 is 0 Å². The van der Waals surface area contributed by atoms with Gasteiger partial charge in [-0.15, -0.1) is 20.4 Å². The van der Waals surface area contributed by atoms with E-state index in [0.29, 0.717) is 23.6 Å². The summed E-state index contributed by atoms with van der Waals surface area (Å²) in [6.45, 7) is 0. The van der Waals surface area contributed by atoms with E-state index in [1.165, 1.54) is 0 Å². The highest BCUT2D eigenvalue weighted by Crippen LogP contribution is 2.40. The Morgan fingerprint density at radius 1 is 0.206 bits per heavy atom. The summed E-state index contributed by atoms with van der Waals surface area (Å²) in [6.07, 6.45) is 0. The van der Waals surface area contributed by atoms with Crippen LogP contribution in [-0.4, -0.2) is 30.4 Å². The van der Waals surface area contributed by atoms with E-state index >= 15 is 0 Å². The van der Waals surface area contributed by atoms with Crippen LogP contribution in [0.5, 0.6) is 0 Å². The molecule has 0 fully saturated rings. The average Bonchev–Trinajstić information content (AvgIpc) is 4.14. The summed E-state index contributed by atoms with van der Waals surface area (Å²) in [5.74, 6) is 1.93. The van der Waals surface area contributed by atoms with Gasteiger partial charge in [-0.1, -0.05) is 182 Å². The van der Waals surface area contributed by atoms with Gasteiger partial charge in [0, 0.05) is 44.5 Å². The van der Waals surface area contributed by atoms with Gasteiger partial charge in [0.15, 0.2) is 0 Å². The van der Waals surface area contributed by atoms with Crippen molar-refractivity contribution in [1.82, 2.24) is 30.4 Å². The minimum Gasteiger partial charge on any atom is -0.416 e. The van der Waals surface area contributed by atoms with E-state index in [1.807, 2.05) is 97.1 Å². The lowest BCUT2D eigenvalue weighted by atomic mass is 9.95. The molecule has 0 atom stereocenters. The van der Waals surface area contributed by atoms with Crippen LogP contribution in [0.1, 0.15) is 0 Å². The first kappa shape index (κ1) is 40.1. The van der Waals surface area contributed by atoms with Gasteiger partial charge < -0.3 is 8.83 Å². The highest BCUT2D eigenvalue weighted by atomic mass is 16.4. The number of nitrogens with zero attached hydrogens (tertiary/aromatic N) is 6. The molecule has 3 aromatic heterocycles. The van der Waals surface area contributed by atoms with E-state index in [2.05, 4.69) is 154 Å². The Bertz CT molecular complexity index is 3420. The van der Waals surface area contributed by atoms with Crippen molar-refractivity contribution in [3.05, 3.63) is 231 Å². The highest BCUT2D eigenvalue weighted by molar-refractivity contribution is 6.03. The molecule has 8 heteroatoms. The lowest BCUT2D eigenvalue weighted by molar-refractivity contribution is 0.584. The van der Waals surface area contributed by atoms with E-state index in [0.717, 1.165) is 100 Å². The molecule has 320 valence electrons. The Morgan fingerprint density at radius 2 is 0.441 bits per heavy atom. The van der Waals surface area contributed by atoms with E-state index in [1.54, 1.807) is 0 Å². The van der Waals surface area contributed by atoms with Crippen molar-refractivity contribution in [2.75, 3.05) is 0 Å². The van der Waals surface area contributed by atoms with Crippen LogP contribution in [0.4, 0.5) is 0 Å². The van der Waals surface area contributed by atoms with Gasteiger partial charge in [0.1, 0.15) is 0 Å². The van der Waals surface area contributed by atoms with Crippen LogP contribution in [0.2, 0.25) is 0 Å². The molecular formula is C60H38N6O2. The lowest BCUT2D eigenvalue weighted by Crippen LogP contribution is -1.99. The molecule has 0 unspecified atom stereocenters. The second kappa shape index (κ2) is 17.5. The van der Waals surface area contributed by atoms with Crippen LogP contribution in [0.25, 0.3) is 124 Å². The van der Waals surface area contributed by atoms with Gasteiger partial charge in [0.05, 0.1) is 22.4 Å². The second-order valence-corrected chi connectivity index (χ2v) is 16.4. The first-order chi connectivity index (χ1) is 33.7. The fourth-order valence-electron chi connectivity index (χ4n) is 8.57. The van der Waals surface area contributed by atoms with Crippen LogP contribution >= 0.6 is 0 Å². The molecule has 8 nitrogen and oxygen atoms in total. The van der Waals surface area contributed by atoms with Crippen molar-refractivity contribution in [3.63, 3.8) is 0 Å². The minimum atomic E-state index is 0.475. The molecule has 0 aliphatic carbocycles. The van der Waals surface area contributed by atoms with Crippen molar-refractivity contribution in [2.45, 2.75) is 0 Å². The quantitative estimate of drug-likeness (QED) is 0.134. The molecule has 0 saturated heterocycles. The Labute approximate surface area is 392 Å². The van der Waals surface area contributed by atoms with Crippen molar-refractivity contribution in [3.8, 4) is 113 Å². The van der Waals surface area contributed by atoms with Crippen molar-refractivity contribution < 1.29 is 8.83 Å². The SMILES string of the molecule is c1ccc(-c2nnc(-c3ccc(-c4ccc(-c5nc6c(-c7ccccc7)ccc(-c7ccccc7)c6nc5-c5ccc(-c6ccc(-c7nnc(-c8ccccc8)o7)cc6)cc5)cc4)cc3)o2)cc1. The first-order valence-corrected chi connectivity index (χ1v) is 22.3. The maximum atomic E-state index is 6.03. The van der Waals surface area contributed by atoms with E-state index in [-0.39, 0.29) is 0 Å². The number of hydrogen-bond acceptors (Lipinski definition) is 8. The molecule has 0 aliphatic heterocycles. The van der Waals surface area contributed by atoms with Crippen molar-refractivity contribution in [1.29, 1.82) is 0 Å². The van der Waals surface area contributed by atoms with Gasteiger partial charge in [-0.2, -0.15) is 0 Å². The molecule has 0 N–H and O–H groups in total. The summed E-state index contributed by atoms with van der Waals surface area (Å²) in [7, 11) is 0. The number of hydrogen-bond donors (Lipinski definition) is 0. The topological polar surface area (TPSA) is 104 Å². The Morgan fingerprint density at radius 3 is 0.735 bits per heavy atom. The molecular weight excluding hydrogens is 837 g/mol. The third kappa shape index (κ3) is 7.82. The van der Waals surface area contributed by atoms with Gasteiger partial charge in [0.2, 0.25) is 23.6 Å². The van der Waals surface area contributed by atoms with E-state index in [9.17, 15) is 0 Å². The Balaban J connectivity index is 0.913. The third-order valence-electron chi connectivity index (χ3n) is 12.1. The zero-order valence-electron chi connectivity index (χ0n) is 36.4. The highest BCUT2D eigenvalue weighted by Gasteiger charge is 2.20. The van der Waals surface area contributed by atoms with Crippen LogP contribution < -0.4 is 0 Å². The molecule has 0 amide bonds. The Kier molecular flexibility index (Phi) is 10.3. The van der Waals surface area contributed by atoms with E-state index < -0.39 is 0 Å². The molecule has 12 rings (SSSR count). The average molecular weight is 875 g/mol. The maximum Gasteiger partial charge on any atom is 0.248 e. The number of benzene rings is 9. The predicted octanol–water partition coefficient (Wildman–Crippen LogP) is 15.1. The van der Waals surface area contributed by atoms with Crippen LogP contribution in [0.15, 0.2) is 239 Å². The summed E-state index contributed by atoms with van der Waals surface area (Å²) in [5.41, 5.74) is 17.1. The van der Waals surface area contributed by atoms with Gasteiger partial charge in [-0.25, -0.2) is 9.97 Å². The van der Waals surface area contributed by atoms with Crippen LogP contribution in [0.3, 0.4) is 0 Å². The molecule has 3 heterocycles. The standard InChI is InChI=1S/C60H38N6O2/c1-5-13-43(14-6-1)51-37-38-52(44-15-7-2-8-16-44)56-55(51)61-53(45-29-21-39(22-30-45)41-25-33-49(34-26-41)59-65-63-57(67-59)47-17-9-3-10-18-47)54(62-56)46-31-23-40(24-32-46)42-27-35-50(36-28-42)60-66-64-58(68-60)48-19-11-4-12-20-48/h1-38H. The molecule has 0 radical (unpaired) electrons. The van der Waals surface area contributed by atoms with Crippen molar-refractivity contribution >= 4 is 11.0 Å². The minimum absolute atomic E-state index is 0.475. The fourth-order valence-corrected chi connectivity index (χ4v) is 8.57. The monoisotopic (exact) mass is 874 g/mol. The predicted molar refractivity (Wildman–Crippen MR) is 270 cm³/mol. The van der Waals surface area contributed by atoms with Gasteiger partial charge in [0.25, 0.3) is 0 Å². The molecule has 0 saturated carbocycles. The fraction of sp³-hybridized carbons (Fsp3) is 0. The maximum absolute atomic E-state index is 6.03. The van der Waals surface area contributed by atoms with Crippen LogP contribution in [-0.2, 0) is 0 Å². The number of fused-ring (bicyclic) bond motifs is 1. The number of aromatic nitrogens is 6. The van der Waals surface area contributed by atoms with Crippen molar-refractivity contribution in [2.24, 2.45) is 0 Å². The Hall–Kier alpha value is -9.40. The zero-order chi connectivity index (χ0) is 45.2. The molecule has 0 bridgehead atoms. The second-order valence-electron chi connectivity index (χ2n) is 16.4. The molecule has 68 heavy (non-hydrogen) atoms. The van der Waals surface area contributed by atoms with Gasteiger partial charge in [-0.3, -0.25) is 0 Å². The largest absolute Gasteiger partial charge is 0.416 e. The van der Waals surface area contributed by atoms with E-state index in [4.69, 9.17) is 18.8 Å². The summed E-state index contributed by atoms with van der Waals surface area (Å²) in [4.78, 5) is 11.2. The molecule has 12 aromatic rings. The summed E-state index contributed by atoms with van der Waals surface area (Å²) >= 11 is 0. The summed E-state index contributed by atoms with van der Waals surface area (Å²) in [5, 5.41) is 17.2. The number of rotatable bonds is 10. The summed E-state index contributed by atoms with van der Waals surface area (Å²) in [6, 6.07) is 78.2. The molecule has 0 spiro atoms. The lowest BCUT2D eigenvalue weighted by Gasteiger charge is -2.16. The summed E-state index contributed by atoms with van der Waals surface area (Å²) < 4.78 is 12.1. The van der Waals surface area contributed by atoms with Crippen LogP contribution in [0, 0.1) is 0 Å².